The molecule has 1 aromatic carbocycles. The van der Waals surface area contributed by atoms with Crippen molar-refractivity contribution in [2.45, 2.75) is 44.5 Å². The normalized spacial score (nSPS) is 19.0. The van der Waals surface area contributed by atoms with E-state index in [0.29, 0.717) is 37.3 Å². The minimum Gasteiger partial charge on any atom is -0.475 e. The van der Waals surface area contributed by atoms with Crippen LogP contribution in [0.5, 0.6) is 0 Å². The third-order valence-electron chi connectivity index (χ3n) is 5.67. The summed E-state index contributed by atoms with van der Waals surface area (Å²) in [6, 6.07) is 11.3. The van der Waals surface area contributed by atoms with Gasteiger partial charge in [0, 0.05) is 37.5 Å². The van der Waals surface area contributed by atoms with E-state index in [1.54, 1.807) is 12.4 Å². The standard InChI is InChI=1S/C22H24N4O3.C2HF3O2/c1-16-3-5-18(6-4-16)21(28)26-12-2-9-22(15-26)13-19(25-29-22)20(27)24-14-17-7-10-23-11-8-17;3-2(4,5)1(6)7/h3-8,10-11H,2,9,12-15H2,1H3,(H,24,27);(H,6,7). The molecule has 192 valence electrons. The Morgan fingerprint density at radius 1 is 1.14 bits per heavy atom. The van der Waals surface area contributed by atoms with Crippen LogP contribution in [0.1, 0.15) is 40.7 Å². The zero-order valence-electron chi connectivity index (χ0n) is 19.4. The molecule has 1 saturated heterocycles. The van der Waals surface area contributed by atoms with E-state index in [-0.39, 0.29) is 11.8 Å². The highest BCUT2D eigenvalue weighted by atomic mass is 19.4. The van der Waals surface area contributed by atoms with E-state index in [9.17, 15) is 22.8 Å². The maximum atomic E-state index is 12.9. The molecule has 1 atom stereocenters. The number of carbonyl (C=O) groups excluding carboxylic acids is 2. The number of aromatic nitrogens is 1. The Hall–Kier alpha value is -3.96. The maximum absolute atomic E-state index is 12.9. The lowest BCUT2D eigenvalue weighted by Crippen LogP contribution is -2.51. The molecule has 12 heteroatoms. The summed E-state index contributed by atoms with van der Waals surface area (Å²) < 4.78 is 31.7. The molecule has 1 aromatic heterocycles. The zero-order chi connectivity index (χ0) is 26.3. The molecule has 0 aliphatic carbocycles. The van der Waals surface area contributed by atoms with Crippen LogP contribution in [0.3, 0.4) is 0 Å². The van der Waals surface area contributed by atoms with Crippen LogP contribution in [0, 0.1) is 6.92 Å². The number of benzene rings is 1. The Bertz CT molecular complexity index is 1120. The van der Waals surface area contributed by atoms with Crippen molar-refractivity contribution in [3.63, 3.8) is 0 Å². The highest BCUT2D eigenvalue weighted by Crippen LogP contribution is 2.34. The number of aliphatic carboxylic acids is 1. The number of carboxylic acid groups (broad SMARTS) is 1. The summed E-state index contributed by atoms with van der Waals surface area (Å²) in [7, 11) is 0. The van der Waals surface area contributed by atoms with Gasteiger partial charge in [0.2, 0.25) is 0 Å². The van der Waals surface area contributed by atoms with E-state index in [1.807, 2.05) is 48.2 Å². The number of aryl methyl sites for hydroxylation is 1. The summed E-state index contributed by atoms with van der Waals surface area (Å²) in [5.41, 5.74) is 2.52. The first-order chi connectivity index (χ1) is 17.0. The van der Waals surface area contributed by atoms with Crippen molar-refractivity contribution in [1.29, 1.82) is 0 Å². The fraction of sp³-hybridized carbons (Fsp3) is 0.375. The minimum absolute atomic E-state index is 0.0109. The van der Waals surface area contributed by atoms with Crippen LogP contribution in [0.4, 0.5) is 13.2 Å². The van der Waals surface area contributed by atoms with E-state index < -0.39 is 17.7 Å². The number of amides is 2. The molecule has 36 heavy (non-hydrogen) atoms. The number of halogens is 3. The summed E-state index contributed by atoms with van der Waals surface area (Å²) >= 11 is 0. The SMILES string of the molecule is Cc1ccc(C(=O)N2CCCC3(CC(C(=O)NCc4ccncc4)=NO3)C2)cc1.O=C(O)C(F)(F)F. The number of hydrogen-bond donors (Lipinski definition) is 2. The Morgan fingerprint density at radius 3 is 2.39 bits per heavy atom. The molecule has 0 bridgehead atoms. The molecule has 2 amide bonds. The third-order valence-corrected chi connectivity index (χ3v) is 5.67. The minimum atomic E-state index is -5.08. The van der Waals surface area contributed by atoms with Crippen LogP contribution in [0.15, 0.2) is 53.9 Å². The average Bonchev–Trinajstić information content (AvgIpc) is 3.26. The quantitative estimate of drug-likeness (QED) is 0.658. The van der Waals surface area contributed by atoms with Crippen LogP contribution in [0.2, 0.25) is 0 Å². The molecule has 3 heterocycles. The van der Waals surface area contributed by atoms with Gasteiger partial charge in [-0.2, -0.15) is 13.2 Å². The Labute approximate surface area is 204 Å². The van der Waals surface area contributed by atoms with Gasteiger partial charge in [-0.15, -0.1) is 0 Å². The fourth-order valence-electron chi connectivity index (χ4n) is 3.80. The Kier molecular flexibility index (Phi) is 8.28. The monoisotopic (exact) mass is 506 g/mol. The van der Waals surface area contributed by atoms with Gasteiger partial charge in [-0.05, 0) is 49.6 Å². The van der Waals surface area contributed by atoms with Crippen molar-refractivity contribution >= 4 is 23.5 Å². The molecule has 2 aromatic rings. The lowest BCUT2D eigenvalue weighted by Gasteiger charge is -2.38. The Balaban J connectivity index is 0.000000454. The van der Waals surface area contributed by atoms with Crippen molar-refractivity contribution in [1.82, 2.24) is 15.2 Å². The third kappa shape index (κ3) is 7.03. The number of nitrogens with one attached hydrogen (secondary N) is 1. The predicted molar refractivity (Wildman–Crippen MR) is 122 cm³/mol. The first-order valence-electron chi connectivity index (χ1n) is 11.1. The molecule has 9 nitrogen and oxygen atoms in total. The molecule has 1 fully saturated rings. The van der Waals surface area contributed by atoms with E-state index in [1.165, 1.54) is 0 Å². The molecule has 0 radical (unpaired) electrons. The van der Waals surface area contributed by atoms with Crippen molar-refractivity contribution in [2.24, 2.45) is 5.16 Å². The van der Waals surface area contributed by atoms with Gasteiger partial charge in [0.25, 0.3) is 11.8 Å². The van der Waals surface area contributed by atoms with Gasteiger partial charge in [-0.25, -0.2) is 4.79 Å². The van der Waals surface area contributed by atoms with Gasteiger partial charge in [0.1, 0.15) is 5.71 Å². The highest BCUT2D eigenvalue weighted by molar-refractivity contribution is 6.39. The molecule has 2 aliphatic rings. The van der Waals surface area contributed by atoms with E-state index in [4.69, 9.17) is 14.7 Å². The summed E-state index contributed by atoms with van der Waals surface area (Å²) in [5, 5.41) is 14.1. The van der Waals surface area contributed by atoms with Gasteiger partial charge in [0.15, 0.2) is 5.60 Å². The summed E-state index contributed by atoms with van der Waals surface area (Å²) in [6.07, 6.45) is 0.296. The predicted octanol–water partition coefficient (Wildman–Crippen LogP) is 3.09. The smallest absolute Gasteiger partial charge is 0.475 e. The molecule has 2 N–H and O–H groups in total. The first-order valence-corrected chi connectivity index (χ1v) is 11.1. The number of piperidine rings is 1. The fourth-order valence-corrected chi connectivity index (χ4v) is 3.80. The summed E-state index contributed by atoms with van der Waals surface area (Å²) in [4.78, 5) is 45.8. The van der Waals surface area contributed by atoms with Gasteiger partial charge in [-0.1, -0.05) is 22.9 Å². The lowest BCUT2D eigenvalue weighted by molar-refractivity contribution is -0.192. The number of nitrogens with zero attached hydrogens (tertiary/aromatic N) is 3. The van der Waals surface area contributed by atoms with Crippen LogP contribution in [-0.4, -0.2) is 63.4 Å². The summed E-state index contributed by atoms with van der Waals surface area (Å²) in [5.74, 6) is -3.00. The van der Waals surface area contributed by atoms with Gasteiger partial charge >= 0.3 is 12.1 Å². The zero-order valence-corrected chi connectivity index (χ0v) is 19.4. The molecular formula is C24H25F3N4O5. The largest absolute Gasteiger partial charge is 0.490 e. The lowest BCUT2D eigenvalue weighted by atomic mass is 9.87. The number of alkyl halides is 3. The van der Waals surface area contributed by atoms with Gasteiger partial charge < -0.3 is 20.2 Å². The topological polar surface area (TPSA) is 121 Å². The van der Waals surface area contributed by atoms with Crippen LogP contribution in [0.25, 0.3) is 0 Å². The molecule has 2 aliphatic heterocycles. The number of carbonyl (C=O) groups is 3. The number of oxime groups is 1. The molecular weight excluding hydrogens is 481 g/mol. The Morgan fingerprint density at radius 2 is 1.78 bits per heavy atom. The second kappa shape index (κ2) is 11.2. The number of pyridine rings is 1. The first kappa shape index (κ1) is 26.6. The van der Waals surface area contributed by atoms with E-state index in [0.717, 1.165) is 24.0 Å². The molecule has 4 rings (SSSR count). The number of hydrogen-bond acceptors (Lipinski definition) is 6. The molecule has 0 saturated carbocycles. The number of carboxylic acids is 1. The average molecular weight is 506 g/mol. The van der Waals surface area contributed by atoms with Crippen LogP contribution >= 0.6 is 0 Å². The second-order valence-electron chi connectivity index (χ2n) is 8.53. The van der Waals surface area contributed by atoms with E-state index >= 15 is 0 Å². The van der Waals surface area contributed by atoms with Gasteiger partial charge in [-0.3, -0.25) is 14.6 Å². The second-order valence-corrected chi connectivity index (χ2v) is 8.53. The van der Waals surface area contributed by atoms with Gasteiger partial charge in [0.05, 0.1) is 6.54 Å². The number of likely N-dealkylation sites (tertiary alicyclic amines) is 1. The molecule has 1 spiro atoms. The van der Waals surface area contributed by atoms with E-state index in [2.05, 4.69) is 15.5 Å². The maximum Gasteiger partial charge on any atom is 0.490 e. The van der Waals surface area contributed by atoms with Crippen molar-refractivity contribution in [3.05, 3.63) is 65.5 Å². The summed E-state index contributed by atoms with van der Waals surface area (Å²) in [6.45, 7) is 3.52. The van der Waals surface area contributed by atoms with Crippen LogP contribution < -0.4 is 5.32 Å². The highest BCUT2D eigenvalue weighted by Gasteiger charge is 2.45. The van der Waals surface area contributed by atoms with Crippen molar-refractivity contribution in [2.75, 3.05) is 13.1 Å². The van der Waals surface area contributed by atoms with Crippen molar-refractivity contribution < 1.29 is 37.5 Å². The van der Waals surface area contributed by atoms with Crippen LogP contribution in [-0.2, 0) is 21.0 Å². The van der Waals surface area contributed by atoms with Crippen molar-refractivity contribution in [3.8, 4) is 0 Å². The number of rotatable bonds is 4. The molecule has 1 unspecified atom stereocenters.